The molecule has 8 nitrogen and oxygen atoms in total. The van der Waals surface area contributed by atoms with Crippen LogP contribution < -0.4 is 10.9 Å². The van der Waals surface area contributed by atoms with E-state index in [2.05, 4.69) is 15.3 Å². The Morgan fingerprint density at radius 3 is 2.39 bits per heavy atom. The van der Waals surface area contributed by atoms with Gasteiger partial charge < -0.3 is 15.1 Å². The summed E-state index contributed by atoms with van der Waals surface area (Å²) in [5.41, 5.74) is 0.632. The first-order chi connectivity index (χ1) is 15.0. The summed E-state index contributed by atoms with van der Waals surface area (Å²) in [5.74, 6) is -0.0439. The van der Waals surface area contributed by atoms with E-state index >= 15 is 0 Å². The summed E-state index contributed by atoms with van der Waals surface area (Å²) in [4.78, 5) is 41.3. The van der Waals surface area contributed by atoms with Crippen LogP contribution in [0.15, 0.2) is 29.1 Å². The monoisotopic (exact) mass is 425 g/mol. The largest absolute Gasteiger partial charge is 0.350 e. The number of nitrogens with one attached hydrogen (secondary N) is 1. The van der Waals surface area contributed by atoms with Gasteiger partial charge >= 0.3 is 0 Å². The average Bonchev–Trinajstić information content (AvgIpc) is 3.31. The SMILES string of the molecule is CC(=O)N1CCC(C(=O)NCc2nn(CCN3CCCC3)c(=O)c3ccccc23)CC1. The molecule has 8 heteroatoms. The van der Waals surface area contributed by atoms with Crippen LogP contribution in [0.5, 0.6) is 0 Å². The van der Waals surface area contributed by atoms with Gasteiger partial charge in [-0.2, -0.15) is 5.10 Å². The third-order valence-corrected chi connectivity index (χ3v) is 6.51. The molecule has 2 saturated heterocycles. The lowest BCUT2D eigenvalue weighted by Crippen LogP contribution is -2.42. The number of benzene rings is 1. The maximum atomic E-state index is 12.9. The van der Waals surface area contributed by atoms with Gasteiger partial charge in [-0.3, -0.25) is 14.4 Å². The van der Waals surface area contributed by atoms with Gasteiger partial charge in [-0.15, -0.1) is 0 Å². The molecule has 0 unspecified atom stereocenters. The van der Waals surface area contributed by atoms with Crippen LogP contribution in [-0.4, -0.2) is 64.1 Å². The van der Waals surface area contributed by atoms with Gasteiger partial charge in [0.15, 0.2) is 0 Å². The molecule has 2 aromatic rings. The van der Waals surface area contributed by atoms with E-state index in [9.17, 15) is 14.4 Å². The van der Waals surface area contributed by atoms with Crippen molar-refractivity contribution in [2.24, 2.45) is 5.92 Å². The van der Waals surface area contributed by atoms with E-state index < -0.39 is 0 Å². The third kappa shape index (κ3) is 4.95. The van der Waals surface area contributed by atoms with Gasteiger partial charge in [0.1, 0.15) is 0 Å². The molecule has 166 valence electrons. The fourth-order valence-corrected chi connectivity index (χ4v) is 4.60. The Labute approximate surface area is 182 Å². The molecule has 2 amide bonds. The van der Waals surface area contributed by atoms with Crippen LogP contribution >= 0.6 is 0 Å². The van der Waals surface area contributed by atoms with Crippen LogP contribution in [0.2, 0.25) is 0 Å². The van der Waals surface area contributed by atoms with Crippen molar-refractivity contribution in [3.05, 3.63) is 40.3 Å². The van der Waals surface area contributed by atoms with Gasteiger partial charge in [0.05, 0.1) is 24.2 Å². The van der Waals surface area contributed by atoms with Gasteiger partial charge in [0.25, 0.3) is 5.56 Å². The van der Waals surface area contributed by atoms with Crippen molar-refractivity contribution in [3.8, 4) is 0 Å². The topological polar surface area (TPSA) is 87.5 Å². The number of fused-ring (bicyclic) bond motifs is 1. The molecule has 0 saturated carbocycles. The molecule has 0 aliphatic carbocycles. The molecular weight excluding hydrogens is 394 g/mol. The van der Waals surface area contributed by atoms with Crippen molar-refractivity contribution in [1.82, 2.24) is 24.9 Å². The second-order valence-electron chi connectivity index (χ2n) is 8.57. The van der Waals surface area contributed by atoms with Crippen molar-refractivity contribution in [1.29, 1.82) is 0 Å². The molecule has 3 heterocycles. The summed E-state index contributed by atoms with van der Waals surface area (Å²) in [6.45, 7) is 6.61. The highest BCUT2D eigenvalue weighted by Crippen LogP contribution is 2.18. The van der Waals surface area contributed by atoms with E-state index in [4.69, 9.17) is 0 Å². The highest BCUT2D eigenvalue weighted by Gasteiger charge is 2.26. The normalized spacial score (nSPS) is 17.9. The van der Waals surface area contributed by atoms with E-state index in [0.717, 1.165) is 25.0 Å². The molecule has 2 aliphatic rings. The standard InChI is InChI=1S/C23H31N5O3/c1-17(29)27-12-8-18(9-13-27)22(30)24-16-21-19-6-2-3-7-20(19)23(31)28(25-21)15-14-26-10-4-5-11-26/h2-3,6-7,18H,4-5,8-16H2,1H3,(H,24,30). The Hall–Kier alpha value is -2.74. The molecule has 1 aromatic carbocycles. The molecule has 1 N–H and O–H groups in total. The van der Waals surface area contributed by atoms with Gasteiger partial charge in [-0.25, -0.2) is 4.68 Å². The summed E-state index contributed by atoms with van der Waals surface area (Å²) >= 11 is 0. The average molecular weight is 426 g/mol. The number of hydrogen-bond acceptors (Lipinski definition) is 5. The van der Waals surface area contributed by atoms with Crippen LogP contribution in [0.1, 0.15) is 38.3 Å². The third-order valence-electron chi connectivity index (χ3n) is 6.51. The number of amides is 2. The molecule has 31 heavy (non-hydrogen) atoms. The summed E-state index contributed by atoms with van der Waals surface area (Å²) < 4.78 is 1.55. The van der Waals surface area contributed by atoms with Crippen molar-refractivity contribution in [3.63, 3.8) is 0 Å². The first-order valence-electron chi connectivity index (χ1n) is 11.3. The minimum absolute atomic E-state index is 0.0103. The number of likely N-dealkylation sites (tertiary alicyclic amines) is 2. The molecule has 2 fully saturated rings. The lowest BCUT2D eigenvalue weighted by molar-refractivity contribution is -0.134. The fraction of sp³-hybridized carbons (Fsp3) is 0.565. The highest BCUT2D eigenvalue weighted by atomic mass is 16.2. The van der Waals surface area contributed by atoms with Crippen LogP contribution in [0.3, 0.4) is 0 Å². The molecule has 2 aliphatic heterocycles. The number of carbonyl (C=O) groups excluding carboxylic acids is 2. The molecule has 0 atom stereocenters. The Morgan fingerprint density at radius 1 is 1.03 bits per heavy atom. The van der Waals surface area contributed by atoms with Crippen molar-refractivity contribution in [2.75, 3.05) is 32.7 Å². The zero-order valence-electron chi connectivity index (χ0n) is 18.2. The van der Waals surface area contributed by atoms with Crippen LogP contribution in [0.4, 0.5) is 0 Å². The Bertz CT molecular complexity index is 1000. The van der Waals surface area contributed by atoms with Gasteiger partial charge in [-0.1, -0.05) is 18.2 Å². The minimum Gasteiger partial charge on any atom is -0.350 e. The lowest BCUT2D eigenvalue weighted by Gasteiger charge is -2.30. The molecule has 4 rings (SSSR count). The number of carbonyl (C=O) groups is 2. The van der Waals surface area contributed by atoms with Gasteiger partial charge in [0, 0.05) is 37.9 Å². The van der Waals surface area contributed by atoms with Crippen LogP contribution in [-0.2, 0) is 22.7 Å². The molecular formula is C23H31N5O3. The first kappa shape index (κ1) is 21.5. The predicted octanol–water partition coefficient (Wildman–Crippen LogP) is 1.37. The zero-order valence-corrected chi connectivity index (χ0v) is 18.2. The summed E-state index contributed by atoms with van der Waals surface area (Å²) in [6.07, 6.45) is 3.77. The Kier molecular flexibility index (Phi) is 6.65. The van der Waals surface area contributed by atoms with E-state index in [-0.39, 0.29) is 29.8 Å². The summed E-state index contributed by atoms with van der Waals surface area (Å²) in [6, 6.07) is 7.47. The summed E-state index contributed by atoms with van der Waals surface area (Å²) in [5, 5.41) is 9.07. The summed E-state index contributed by atoms with van der Waals surface area (Å²) in [7, 11) is 0. The van der Waals surface area contributed by atoms with Gasteiger partial charge in [-0.05, 0) is 44.8 Å². The number of aromatic nitrogens is 2. The first-order valence-corrected chi connectivity index (χ1v) is 11.3. The molecule has 1 aromatic heterocycles. The maximum Gasteiger partial charge on any atom is 0.274 e. The second-order valence-corrected chi connectivity index (χ2v) is 8.57. The molecule has 0 spiro atoms. The minimum atomic E-state index is -0.0945. The zero-order chi connectivity index (χ0) is 21.8. The van der Waals surface area contributed by atoms with E-state index in [1.165, 1.54) is 12.8 Å². The smallest absolute Gasteiger partial charge is 0.274 e. The highest BCUT2D eigenvalue weighted by molar-refractivity contribution is 5.84. The van der Waals surface area contributed by atoms with Gasteiger partial charge in [0.2, 0.25) is 11.8 Å². The Morgan fingerprint density at radius 2 is 1.71 bits per heavy atom. The molecule has 0 bridgehead atoms. The Balaban J connectivity index is 1.46. The van der Waals surface area contributed by atoms with E-state index in [0.29, 0.717) is 43.6 Å². The molecule has 0 radical (unpaired) electrons. The quantitative estimate of drug-likeness (QED) is 0.755. The van der Waals surface area contributed by atoms with Crippen molar-refractivity contribution >= 4 is 22.6 Å². The fourth-order valence-electron chi connectivity index (χ4n) is 4.60. The van der Waals surface area contributed by atoms with Crippen molar-refractivity contribution in [2.45, 2.75) is 45.7 Å². The van der Waals surface area contributed by atoms with Crippen LogP contribution in [0.25, 0.3) is 10.8 Å². The predicted molar refractivity (Wildman–Crippen MR) is 119 cm³/mol. The number of piperidine rings is 1. The number of hydrogen-bond donors (Lipinski definition) is 1. The van der Waals surface area contributed by atoms with Crippen molar-refractivity contribution < 1.29 is 9.59 Å². The lowest BCUT2D eigenvalue weighted by atomic mass is 9.96. The van der Waals surface area contributed by atoms with E-state index in [1.807, 2.05) is 24.3 Å². The second kappa shape index (κ2) is 9.60. The number of nitrogens with zero attached hydrogens (tertiary/aromatic N) is 4. The maximum absolute atomic E-state index is 12.9. The number of rotatable bonds is 6. The van der Waals surface area contributed by atoms with E-state index in [1.54, 1.807) is 16.5 Å². The van der Waals surface area contributed by atoms with Crippen LogP contribution in [0, 0.1) is 5.92 Å².